The summed E-state index contributed by atoms with van der Waals surface area (Å²) in [4.78, 5) is 14.7. The van der Waals surface area contributed by atoms with Crippen LogP contribution in [0, 0.1) is 0 Å². The Balaban J connectivity index is 1.87. The molecule has 6 nitrogen and oxygen atoms in total. The topological polar surface area (TPSA) is 59.4 Å². The summed E-state index contributed by atoms with van der Waals surface area (Å²) in [6.07, 6.45) is 1.65. The molecule has 1 amide bonds. The molecular formula is C16H20N4O2. The summed E-state index contributed by atoms with van der Waals surface area (Å²) in [5, 5.41) is 7.45. The van der Waals surface area contributed by atoms with Crippen molar-refractivity contribution in [3.05, 3.63) is 47.8 Å². The SMILES string of the molecule is COc1ccc([C@@H]2CNCCN2C(=O)c2ccnn2C)cc1. The van der Waals surface area contributed by atoms with Crippen LogP contribution in [0.5, 0.6) is 5.75 Å². The summed E-state index contributed by atoms with van der Waals surface area (Å²) >= 11 is 0. The molecular weight excluding hydrogens is 280 g/mol. The molecule has 0 radical (unpaired) electrons. The Kier molecular flexibility index (Phi) is 4.11. The van der Waals surface area contributed by atoms with Gasteiger partial charge in [-0.1, -0.05) is 12.1 Å². The number of ether oxygens (including phenoxy) is 1. The van der Waals surface area contributed by atoms with Gasteiger partial charge in [-0.3, -0.25) is 9.48 Å². The van der Waals surface area contributed by atoms with Crippen LogP contribution >= 0.6 is 0 Å². The van der Waals surface area contributed by atoms with E-state index in [2.05, 4.69) is 10.4 Å². The number of hydrogen-bond donors (Lipinski definition) is 1. The molecule has 1 aromatic heterocycles. The number of hydrogen-bond acceptors (Lipinski definition) is 4. The number of carbonyl (C=O) groups is 1. The molecule has 0 unspecified atom stereocenters. The zero-order chi connectivity index (χ0) is 15.5. The van der Waals surface area contributed by atoms with Crippen molar-refractivity contribution in [3.8, 4) is 5.75 Å². The van der Waals surface area contributed by atoms with Gasteiger partial charge < -0.3 is 15.0 Å². The molecule has 6 heteroatoms. The molecule has 3 rings (SSSR count). The number of aromatic nitrogens is 2. The Morgan fingerprint density at radius 1 is 1.32 bits per heavy atom. The molecule has 2 aromatic rings. The van der Waals surface area contributed by atoms with E-state index in [1.54, 1.807) is 31.1 Å². The predicted octanol–water partition coefficient (Wildman–Crippen LogP) is 1.22. The number of nitrogens with zero attached hydrogens (tertiary/aromatic N) is 3. The third-order valence-corrected chi connectivity index (χ3v) is 4.04. The number of methoxy groups -OCH3 is 1. The third-order valence-electron chi connectivity index (χ3n) is 4.04. The van der Waals surface area contributed by atoms with E-state index < -0.39 is 0 Å². The molecule has 116 valence electrons. The standard InChI is InChI=1S/C16H20N4O2/c1-19-14(7-8-18-19)16(21)20-10-9-17-11-15(20)12-3-5-13(22-2)6-4-12/h3-8,15,17H,9-11H2,1-2H3/t15-/m0/s1. The van der Waals surface area contributed by atoms with Crippen LogP contribution in [0.1, 0.15) is 22.1 Å². The second-order valence-corrected chi connectivity index (χ2v) is 5.33. The van der Waals surface area contributed by atoms with Crippen LogP contribution in [0.25, 0.3) is 0 Å². The molecule has 1 aromatic carbocycles. The van der Waals surface area contributed by atoms with E-state index in [0.29, 0.717) is 12.2 Å². The fourth-order valence-corrected chi connectivity index (χ4v) is 2.80. The van der Waals surface area contributed by atoms with Gasteiger partial charge in [0.15, 0.2) is 0 Å². The lowest BCUT2D eigenvalue weighted by molar-refractivity contribution is 0.0623. The maximum atomic E-state index is 12.8. The molecule has 22 heavy (non-hydrogen) atoms. The Labute approximate surface area is 129 Å². The molecule has 0 spiro atoms. The highest BCUT2D eigenvalue weighted by atomic mass is 16.5. The van der Waals surface area contributed by atoms with Crippen molar-refractivity contribution in [2.45, 2.75) is 6.04 Å². The van der Waals surface area contributed by atoms with Crippen LogP contribution < -0.4 is 10.1 Å². The van der Waals surface area contributed by atoms with Crippen molar-refractivity contribution in [2.75, 3.05) is 26.7 Å². The third kappa shape index (κ3) is 2.69. The minimum Gasteiger partial charge on any atom is -0.497 e. The Morgan fingerprint density at radius 3 is 2.73 bits per heavy atom. The smallest absolute Gasteiger partial charge is 0.272 e. The first kappa shape index (κ1) is 14.6. The molecule has 1 atom stereocenters. The van der Waals surface area contributed by atoms with Crippen LogP contribution in [0.4, 0.5) is 0 Å². The highest BCUT2D eigenvalue weighted by Crippen LogP contribution is 2.25. The van der Waals surface area contributed by atoms with Gasteiger partial charge in [0, 0.05) is 32.9 Å². The van der Waals surface area contributed by atoms with Crippen LogP contribution in [-0.4, -0.2) is 47.3 Å². The van der Waals surface area contributed by atoms with Gasteiger partial charge in [-0.2, -0.15) is 5.10 Å². The van der Waals surface area contributed by atoms with Crippen molar-refractivity contribution in [3.63, 3.8) is 0 Å². The lowest BCUT2D eigenvalue weighted by Gasteiger charge is -2.36. The van der Waals surface area contributed by atoms with E-state index >= 15 is 0 Å². The van der Waals surface area contributed by atoms with Crippen molar-refractivity contribution >= 4 is 5.91 Å². The van der Waals surface area contributed by atoms with E-state index in [1.165, 1.54) is 0 Å². The normalized spacial score (nSPS) is 18.3. The second kappa shape index (κ2) is 6.19. The van der Waals surface area contributed by atoms with Crippen molar-refractivity contribution in [1.82, 2.24) is 20.0 Å². The number of rotatable bonds is 3. The van der Waals surface area contributed by atoms with Gasteiger partial charge in [0.25, 0.3) is 5.91 Å². The molecule has 1 fully saturated rings. The lowest BCUT2D eigenvalue weighted by atomic mass is 10.0. The van der Waals surface area contributed by atoms with Gasteiger partial charge in [0.05, 0.1) is 13.2 Å². The highest BCUT2D eigenvalue weighted by Gasteiger charge is 2.29. The van der Waals surface area contributed by atoms with E-state index in [1.807, 2.05) is 29.2 Å². The monoisotopic (exact) mass is 300 g/mol. The Bertz CT molecular complexity index is 650. The molecule has 0 saturated carbocycles. The highest BCUT2D eigenvalue weighted by molar-refractivity contribution is 5.93. The molecule has 0 bridgehead atoms. The van der Waals surface area contributed by atoms with Gasteiger partial charge in [-0.25, -0.2) is 0 Å². The largest absolute Gasteiger partial charge is 0.497 e. The number of carbonyl (C=O) groups excluding carboxylic acids is 1. The summed E-state index contributed by atoms with van der Waals surface area (Å²) in [6.45, 7) is 2.23. The molecule has 1 saturated heterocycles. The summed E-state index contributed by atoms with van der Waals surface area (Å²) in [6, 6.07) is 9.66. The van der Waals surface area contributed by atoms with Crippen molar-refractivity contribution in [1.29, 1.82) is 0 Å². The minimum atomic E-state index is 0.0158. The van der Waals surface area contributed by atoms with Crippen LogP contribution in [0.2, 0.25) is 0 Å². The van der Waals surface area contributed by atoms with Gasteiger partial charge >= 0.3 is 0 Å². The first-order valence-electron chi connectivity index (χ1n) is 7.34. The maximum Gasteiger partial charge on any atom is 0.272 e. The fourth-order valence-electron chi connectivity index (χ4n) is 2.80. The quantitative estimate of drug-likeness (QED) is 0.926. The number of nitrogens with one attached hydrogen (secondary N) is 1. The average Bonchev–Trinajstić information content (AvgIpc) is 3.00. The Hall–Kier alpha value is -2.34. The first-order chi connectivity index (χ1) is 10.7. The number of benzene rings is 1. The van der Waals surface area contributed by atoms with E-state index in [-0.39, 0.29) is 11.9 Å². The zero-order valence-corrected chi connectivity index (χ0v) is 12.8. The first-order valence-corrected chi connectivity index (χ1v) is 7.34. The zero-order valence-electron chi connectivity index (χ0n) is 12.8. The maximum absolute atomic E-state index is 12.8. The van der Waals surface area contributed by atoms with Crippen LogP contribution in [0.3, 0.4) is 0 Å². The second-order valence-electron chi connectivity index (χ2n) is 5.33. The summed E-state index contributed by atoms with van der Waals surface area (Å²) in [5.74, 6) is 0.833. The molecule has 0 aliphatic carbocycles. The minimum absolute atomic E-state index is 0.0158. The van der Waals surface area contributed by atoms with Crippen LogP contribution in [0.15, 0.2) is 36.5 Å². The summed E-state index contributed by atoms with van der Waals surface area (Å²) in [5.41, 5.74) is 1.71. The van der Waals surface area contributed by atoms with E-state index in [4.69, 9.17) is 4.74 Å². The summed E-state index contributed by atoms with van der Waals surface area (Å²) < 4.78 is 6.82. The van der Waals surface area contributed by atoms with Crippen LogP contribution in [-0.2, 0) is 7.05 Å². The summed E-state index contributed by atoms with van der Waals surface area (Å²) in [7, 11) is 3.44. The number of amides is 1. The molecule has 1 aliphatic rings. The van der Waals surface area contributed by atoms with Gasteiger partial charge in [-0.05, 0) is 23.8 Å². The fraction of sp³-hybridized carbons (Fsp3) is 0.375. The molecule has 2 heterocycles. The van der Waals surface area contributed by atoms with Gasteiger partial charge in [0.2, 0.25) is 0 Å². The van der Waals surface area contributed by atoms with Gasteiger partial charge in [-0.15, -0.1) is 0 Å². The average molecular weight is 300 g/mol. The molecule has 1 aliphatic heterocycles. The number of aryl methyl sites for hydroxylation is 1. The van der Waals surface area contributed by atoms with Crippen molar-refractivity contribution in [2.24, 2.45) is 7.05 Å². The van der Waals surface area contributed by atoms with E-state index in [0.717, 1.165) is 24.4 Å². The lowest BCUT2D eigenvalue weighted by Crippen LogP contribution is -2.49. The Morgan fingerprint density at radius 2 is 2.09 bits per heavy atom. The molecule has 1 N–H and O–H groups in total. The number of piperazine rings is 1. The predicted molar refractivity (Wildman–Crippen MR) is 82.8 cm³/mol. The van der Waals surface area contributed by atoms with Gasteiger partial charge in [0.1, 0.15) is 11.4 Å². The van der Waals surface area contributed by atoms with E-state index in [9.17, 15) is 4.79 Å². The van der Waals surface area contributed by atoms with Crippen molar-refractivity contribution < 1.29 is 9.53 Å².